The van der Waals surface area contributed by atoms with E-state index in [-0.39, 0.29) is 46.7 Å². The number of halogens is 4. The van der Waals surface area contributed by atoms with Gasteiger partial charge in [0.25, 0.3) is 0 Å². The molecule has 0 fully saturated rings. The topological polar surface area (TPSA) is 133 Å². The highest BCUT2D eigenvalue weighted by molar-refractivity contribution is 5.96. The number of pyridine rings is 1. The Hall–Kier alpha value is -4.56. The zero-order chi connectivity index (χ0) is 29.6. The van der Waals surface area contributed by atoms with E-state index in [9.17, 15) is 32.5 Å². The molecular formula is C25H24F4N6O5. The second kappa shape index (κ2) is 10.2. The molecule has 0 unspecified atom stereocenters. The third-order valence-electron chi connectivity index (χ3n) is 5.95. The van der Waals surface area contributed by atoms with Crippen LogP contribution in [0.25, 0.3) is 0 Å². The van der Waals surface area contributed by atoms with Crippen molar-refractivity contribution >= 4 is 34.8 Å². The molecule has 0 atom stereocenters. The number of benzene rings is 1. The van der Waals surface area contributed by atoms with Crippen molar-refractivity contribution in [2.45, 2.75) is 45.4 Å². The van der Waals surface area contributed by atoms with Crippen LogP contribution in [0, 0.1) is 15.9 Å². The Balaban J connectivity index is 1.85. The molecule has 0 aliphatic carbocycles. The largest absolute Gasteiger partial charge is 0.494 e. The lowest BCUT2D eigenvalue weighted by Gasteiger charge is -2.23. The number of alkyl halides is 3. The minimum Gasteiger partial charge on any atom is -0.494 e. The van der Waals surface area contributed by atoms with E-state index < -0.39 is 45.8 Å². The van der Waals surface area contributed by atoms with Crippen LogP contribution in [0.4, 0.5) is 46.4 Å². The van der Waals surface area contributed by atoms with Crippen molar-refractivity contribution in [1.29, 1.82) is 0 Å². The Bertz CT molecular complexity index is 1500. The number of esters is 1. The fraction of sp³-hybridized carbons (Fsp3) is 0.360. The average molecular weight is 564 g/mol. The molecule has 1 aliphatic heterocycles. The number of hydrogen-bond acceptors (Lipinski definition) is 10. The zero-order valence-electron chi connectivity index (χ0n) is 22.0. The monoisotopic (exact) mass is 564 g/mol. The summed E-state index contributed by atoms with van der Waals surface area (Å²) >= 11 is 0. The number of methoxy groups -OCH3 is 1. The average Bonchev–Trinajstić information content (AvgIpc) is 3.13. The van der Waals surface area contributed by atoms with E-state index in [1.54, 1.807) is 27.7 Å². The SMILES string of the molecule is COc1cc(F)c([N+](=O)[O-])cc1Nc1ncc(C(=O)OC(C)C)c(N2CC(C)(C)c3nc(C(F)(F)F)ccc32)n1. The highest BCUT2D eigenvalue weighted by Crippen LogP contribution is 2.45. The van der Waals surface area contributed by atoms with Crippen molar-refractivity contribution < 1.29 is 36.8 Å². The highest BCUT2D eigenvalue weighted by atomic mass is 19.4. The number of carbonyl (C=O) groups is 1. The fourth-order valence-corrected chi connectivity index (χ4v) is 4.20. The van der Waals surface area contributed by atoms with Crippen LogP contribution in [0.5, 0.6) is 5.75 Å². The normalized spacial score (nSPS) is 14.2. The summed E-state index contributed by atoms with van der Waals surface area (Å²) in [7, 11) is 1.23. The van der Waals surface area contributed by atoms with E-state index in [2.05, 4.69) is 20.3 Å². The van der Waals surface area contributed by atoms with Crippen LogP contribution in [0.2, 0.25) is 0 Å². The first-order valence-corrected chi connectivity index (χ1v) is 11.9. The summed E-state index contributed by atoms with van der Waals surface area (Å²) in [4.78, 5) is 37.2. The number of rotatable bonds is 7. The Morgan fingerprint density at radius 2 is 1.93 bits per heavy atom. The van der Waals surface area contributed by atoms with Crippen molar-refractivity contribution in [3.63, 3.8) is 0 Å². The van der Waals surface area contributed by atoms with Gasteiger partial charge in [0.15, 0.2) is 5.82 Å². The molecular weight excluding hydrogens is 540 g/mol. The summed E-state index contributed by atoms with van der Waals surface area (Å²) in [5.41, 5.74) is -2.46. The summed E-state index contributed by atoms with van der Waals surface area (Å²) in [5.74, 6) is -2.17. The number of anilines is 4. The van der Waals surface area contributed by atoms with Gasteiger partial charge in [0.05, 0.1) is 35.2 Å². The van der Waals surface area contributed by atoms with E-state index in [4.69, 9.17) is 9.47 Å². The van der Waals surface area contributed by atoms with E-state index >= 15 is 0 Å². The number of aromatic nitrogens is 3. The van der Waals surface area contributed by atoms with Crippen molar-refractivity contribution in [2.24, 2.45) is 0 Å². The lowest BCUT2D eigenvalue weighted by atomic mass is 9.91. The van der Waals surface area contributed by atoms with Crippen molar-refractivity contribution in [1.82, 2.24) is 15.0 Å². The van der Waals surface area contributed by atoms with Crippen LogP contribution in [-0.4, -0.2) is 45.6 Å². The van der Waals surface area contributed by atoms with Crippen LogP contribution in [-0.2, 0) is 16.3 Å². The molecule has 1 aliphatic rings. The van der Waals surface area contributed by atoms with Gasteiger partial charge in [-0.3, -0.25) is 10.1 Å². The predicted molar refractivity (Wildman–Crippen MR) is 135 cm³/mol. The first-order valence-electron chi connectivity index (χ1n) is 11.9. The van der Waals surface area contributed by atoms with Crippen molar-refractivity contribution in [3.05, 3.63) is 63.3 Å². The number of nitrogens with one attached hydrogen (secondary N) is 1. The van der Waals surface area contributed by atoms with Gasteiger partial charge in [-0.05, 0) is 26.0 Å². The summed E-state index contributed by atoms with van der Waals surface area (Å²) in [6.07, 6.45) is -4.00. The maximum Gasteiger partial charge on any atom is 0.433 e. The first kappa shape index (κ1) is 28.4. The van der Waals surface area contributed by atoms with Crippen LogP contribution in [0.15, 0.2) is 30.5 Å². The first-order chi connectivity index (χ1) is 18.6. The van der Waals surface area contributed by atoms with Crippen LogP contribution < -0.4 is 15.0 Å². The van der Waals surface area contributed by atoms with Crippen molar-refractivity contribution in [3.8, 4) is 5.75 Å². The minimum atomic E-state index is -4.66. The van der Waals surface area contributed by atoms with E-state index in [0.29, 0.717) is 0 Å². The molecule has 1 aromatic carbocycles. The molecule has 15 heteroatoms. The lowest BCUT2D eigenvalue weighted by molar-refractivity contribution is -0.387. The molecule has 0 amide bonds. The summed E-state index contributed by atoms with van der Waals surface area (Å²) in [6.45, 7) is 6.78. The zero-order valence-corrected chi connectivity index (χ0v) is 22.0. The molecule has 3 aromatic rings. The quantitative estimate of drug-likeness (QED) is 0.165. The molecule has 11 nitrogen and oxygen atoms in total. The number of carbonyl (C=O) groups excluding carboxylic acids is 1. The smallest absolute Gasteiger partial charge is 0.433 e. The van der Waals surface area contributed by atoms with Gasteiger partial charge in [-0.2, -0.15) is 22.5 Å². The Morgan fingerprint density at radius 1 is 1.23 bits per heavy atom. The number of nitro benzene ring substituents is 1. The minimum absolute atomic E-state index is 0.00730. The van der Waals surface area contributed by atoms with Crippen molar-refractivity contribution in [2.75, 3.05) is 23.9 Å². The molecule has 0 spiro atoms. The molecule has 212 valence electrons. The number of ether oxygens (including phenoxy) is 2. The van der Waals surface area contributed by atoms with E-state index in [1.807, 2.05) is 0 Å². The van der Waals surface area contributed by atoms with E-state index in [0.717, 1.165) is 24.4 Å². The van der Waals surface area contributed by atoms with Gasteiger partial charge >= 0.3 is 17.8 Å². The molecule has 4 rings (SSSR count). The molecule has 40 heavy (non-hydrogen) atoms. The Kier molecular flexibility index (Phi) is 7.26. The number of hydrogen-bond donors (Lipinski definition) is 1. The summed E-state index contributed by atoms with van der Waals surface area (Å²) in [5, 5.41) is 14.0. The van der Waals surface area contributed by atoms with Crippen LogP contribution in [0.3, 0.4) is 0 Å². The van der Waals surface area contributed by atoms with Crippen LogP contribution in [0.1, 0.15) is 49.4 Å². The van der Waals surface area contributed by atoms with Gasteiger partial charge < -0.3 is 19.7 Å². The summed E-state index contributed by atoms with van der Waals surface area (Å²) < 4.78 is 64.8. The standard InChI is InChI=1S/C25H24F4N6O5/c1-12(2)40-22(36)13-10-30-23(31-15-9-17(35(37)38)14(26)8-18(15)39-5)33-21(13)34-11-24(3,4)20-16(34)6-7-19(32-20)25(27,28)29/h6-10,12H,11H2,1-5H3,(H,30,31,33). The summed E-state index contributed by atoms with van der Waals surface area (Å²) in [6, 6.07) is 3.80. The van der Waals surface area contributed by atoms with E-state index in [1.165, 1.54) is 18.1 Å². The maximum absolute atomic E-state index is 14.1. The molecule has 0 bridgehead atoms. The second-order valence-electron chi connectivity index (χ2n) is 9.80. The maximum atomic E-state index is 14.1. The van der Waals surface area contributed by atoms with Gasteiger partial charge in [0, 0.05) is 30.3 Å². The van der Waals surface area contributed by atoms with Gasteiger partial charge in [-0.15, -0.1) is 0 Å². The Labute approximate surface area is 225 Å². The molecule has 0 radical (unpaired) electrons. The third-order valence-corrected chi connectivity index (χ3v) is 5.95. The van der Waals surface area contributed by atoms with Gasteiger partial charge in [-0.25, -0.2) is 14.8 Å². The van der Waals surface area contributed by atoms with Gasteiger partial charge in [0.1, 0.15) is 17.0 Å². The molecule has 0 saturated heterocycles. The van der Waals surface area contributed by atoms with Gasteiger partial charge in [0.2, 0.25) is 11.8 Å². The molecule has 3 heterocycles. The van der Waals surface area contributed by atoms with Gasteiger partial charge in [-0.1, -0.05) is 13.8 Å². The lowest BCUT2D eigenvalue weighted by Crippen LogP contribution is -2.28. The fourth-order valence-electron chi connectivity index (χ4n) is 4.20. The Morgan fingerprint density at radius 3 is 2.52 bits per heavy atom. The third kappa shape index (κ3) is 5.44. The molecule has 2 aromatic heterocycles. The predicted octanol–water partition coefficient (Wildman–Crippen LogP) is 5.68. The molecule has 1 N–H and O–H groups in total. The second-order valence-corrected chi connectivity index (χ2v) is 9.80. The van der Waals surface area contributed by atoms with Crippen LogP contribution >= 0.6 is 0 Å². The molecule has 0 saturated carbocycles. The number of nitrogens with zero attached hydrogens (tertiary/aromatic N) is 5. The number of nitro groups is 1. The highest BCUT2D eigenvalue weighted by Gasteiger charge is 2.42. The number of fused-ring (bicyclic) bond motifs is 1.